The molecule has 0 aliphatic carbocycles. The predicted molar refractivity (Wildman–Crippen MR) is 129 cm³/mol. The number of carboxylic acids is 1. The smallest absolute Gasteiger partial charge is 0.335 e. The molecule has 0 bridgehead atoms. The highest BCUT2D eigenvalue weighted by atomic mass is 35.5. The minimum absolute atomic E-state index is 0.133. The lowest BCUT2D eigenvalue weighted by Crippen LogP contribution is -2.13. The van der Waals surface area contributed by atoms with E-state index in [2.05, 4.69) is 5.32 Å². The summed E-state index contributed by atoms with van der Waals surface area (Å²) in [6.07, 6.45) is 1.40. The van der Waals surface area contributed by atoms with Gasteiger partial charge in [0, 0.05) is 16.3 Å². The Bertz CT molecular complexity index is 1250. The van der Waals surface area contributed by atoms with Crippen LogP contribution in [0, 0.1) is 11.3 Å². The zero-order chi connectivity index (χ0) is 24.5. The van der Waals surface area contributed by atoms with Crippen LogP contribution in [0.2, 0.25) is 5.02 Å². The molecule has 0 heterocycles. The summed E-state index contributed by atoms with van der Waals surface area (Å²) >= 11 is 6.12. The summed E-state index contributed by atoms with van der Waals surface area (Å²) in [5.74, 6) is -0.504. The minimum Gasteiger partial charge on any atom is -0.494 e. The monoisotopic (exact) mass is 476 g/mol. The third-order valence-electron chi connectivity index (χ3n) is 4.66. The summed E-state index contributed by atoms with van der Waals surface area (Å²) in [7, 11) is 0. The third kappa shape index (κ3) is 6.61. The lowest BCUT2D eigenvalue weighted by Gasteiger charge is -2.11. The zero-order valence-corrected chi connectivity index (χ0v) is 19.0. The second-order valence-corrected chi connectivity index (χ2v) is 7.49. The summed E-state index contributed by atoms with van der Waals surface area (Å²) in [6, 6.07) is 19.9. The van der Waals surface area contributed by atoms with Gasteiger partial charge in [-0.15, -0.1) is 0 Å². The Labute approximate surface area is 201 Å². The molecule has 3 aromatic rings. The highest BCUT2D eigenvalue weighted by Crippen LogP contribution is 2.27. The number of hydrogen-bond acceptors (Lipinski definition) is 5. The Balaban J connectivity index is 1.76. The molecule has 0 saturated heterocycles. The van der Waals surface area contributed by atoms with E-state index >= 15 is 0 Å². The van der Waals surface area contributed by atoms with Gasteiger partial charge in [0.15, 0.2) is 0 Å². The number of carboxylic acid groups (broad SMARTS) is 1. The molecule has 0 radical (unpaired) electrons. The summed E-state index contributed by atoms with van der Waals surface area (Å²) in [5.41, 5.74) is 1.77. The van der Waals surface area contributed by atoms with Crippen LogP contribution in [0.15, 0.2) is 72.3 Å². The molecule has 3 aromatic carbocycles. The number of nitrogens with one attached hydrogen (secondary N) is 1. The molecular weight excluding hydrogens is 456 g/mol. The number of aromatic carboxylic acids is 1. The van der Waals surface area contributed by atoms with Gasteiger partial charge in [-0.25, -0.2) is 4.79 Å². The van der Waals surface area contributed by atoms with Crippen molar-refractivity contribution >= 4 is 35.2 Å². The van der Waals surface area contributed by atoms with E-state index in [-0.39, 0.29) is 17.7 Å². The molecule has 0 saturated carbocycles. The van der Waals surface area contributed by atoms with Crippen LogP contribution in [0.4, 0.5) is 5.69 Å². The number of nitriles is 1. The van der Waals surface area contributed by atoms with Gasteiger partial charge in [-0.05, 0) is 73.2 Å². The number of halogens is 1. The molecule has 172 valence electrons. The van der Waals surface area contributed by atoms with Gasteiger partial charge in [0.25, 0.3) is 5.91 Å². The van der Waals surface area contributed by atoms with Crippen LogP contribution in [0.1, 0.15) is 28.4 Å². The van der Waals surface area contributed by atoms with Gasteiger partial charge in [-0.2, -0.15) is 5.26 Å². The number of carbonyl (C=O) groups is 2. The van der Waals surface area contributed by atoms with Crippen molar-refractivity contribution < 1.29 is 24.2 Å². The summed E-state index contributed by atoms with van der Waals surface area (Å²) < 4.78 is 11.2. The van der Waals surface area contributed by atoms with Gasteiger partial charge >= 0.3 is 5.97 Å². The molecule has 8 heteroatoms. The third-order valence-corrected chi connectivity index (χ3v) is 4.89. The first-order valence-electron chi connectivity index (χ1n) is 10.3. The van der Waals surface area contributed by atoms with Crippen molar-refractivity contribution in [3.8, 4) is 17.6 Å². The van der Waals surface area contributed by atoms with Crippen molar-refractivity contribution in [3.63, 3.8) is 0 Å². The maximum absolute atomic E-state index is 12.7. The fourth-order valence-electron chi connectivity index (χ4n) is 2.97. The van der Waals surface area contributed by atoms with Crippen LogP contribution in [-0.4, -0.2) is 23.6 Å². The van der Waals surface area contributed by atoms with E-state index in [9.17, 15) is 14.9 Å². The maximum atomic E-state index is 12.7. The molecule has 2 N–H and O–H groups in total. The van der Waals surface area contributed by atoms with Crippen LogP contribution in [-0.2, 0) is 11.4 Å². The lowest BCUT2D eigenvalue weighted by atomic mass is 10.1. The molecule has 3 rings (SSSR count). The topological polar surface area (TPSA) is 109 Å². The van der Waals surface area contributed by atoms with Crippen molar-refractivity contribution in [1.29, 1.82) is 5.26 Å². The average Bonchev–Trinajstić information content (AvgIpc) is 2.83. The first-order valence-corrected chi connectivity index (χ1v) is 10.7. The minimum atomic E-state index is -1.01. The van der Waals surface area contributed by atoms with Crippen molar-refractivity contribution in [2.24, 2.45) is 0 Å². The highest BCUT2D eigenvalue weighted by molar-refractivity contribution is 6.30. The van der Waals surface area contributed by atoms with Crippen LogP contribution in [0.5, 0.6) is 11.5 Å². The Kier molecular flexibility index (Phi) is 8.27. The van der Waals surface area contributed by atoms with Crippen molar-refractivity contribution in [2.45, 2.75) is 13.5 Å². The average molecular weight is 477 g/mol. The molecule has 0 unspecified atom stereocenters. The predicted octanol–water partition coefficient (Wildman–Crippen LogP) is 5.56. The molecule has 0 aliphatic rings. The Hall–Kier alpha value is -4.28. The highest BCUT2D eigenvalue weighted by Gasteiger charge is 2.13. The van der Waals surface area contributed by atoms with E-state index in [1.165, 1.54) is 18.2 Å². The van der Waals surface area contributed by atoms with Gasteiger partial charge in [-0.3, -0.25) is 4.79 Å². The SMILES string of the molecule is CCOc1ccc(NC(=O)C(C#N)=Cc2cc(Cl)ccc2OCc2ccc(C(=O)O)cc2)cc1. The van der Waals surface area contributed by atoms with Crippen molar-refractivity contribution in [2.75, 3.05) is 11.9 Å². The summed E-state index contributed by atoms with van der Waals surface area (Å²) in [6.45, 7) is 2.57. The van der Waals surface area contributed by atoms with E-state index in [0.717, 1.165) is 5.56 Å². The van der Waals surface area contributed by atoms with Crippen LogP contribution >= 0.6 is 11.6 Å². The van der Waals surface area contributed by atoms with Gasteiger partial charge in [0.1, 0.15) is 29.7 Å². The molecule has 0 fully saturated rings. The van der Waals surface area contributed by atoms with Gasteiger partial charge in [0.05, 0.1) is 12.2 Å². The number of rotatable bonds is 9. The standard InChI is InChI=1S/C26H21ClN2O5/c1-2-33-23-10-8-22(9-11-23)29-25(30)20(15-28)13-19-14-21(27)7-12-24(19)34-16-17-3-5-18(6-4-17)26(31)32/h3-14H,2,16H2,1H3,(H,29,30)(H,31,32). The molecule has 1 amide bonds. The normalized spacial score (nSPS) is 10.8. The number of amides is 1. The van der Waals surface area contributed by atoms with Crippen molar-refractivity contribution in [3.05, 3.63) is 94.0 Å². The first kappa shape index (κ1) is 24.4. The quantitative estimate of drug-likeness (QED) is 0.309. The van der Waals surface area contributed by atoms with Gasteiger partial charge in [-0.1, -0.05) is 23.7 Å². The van der Waals surface area contributed by atoms with Gasteiger partial charge < -0.3 is 19.9 Å². The lowest BCUT2D eigenvalue weighted by molar-refractivity contribution is -0.112. The van der Waals surface area contributed by atoms with E-state index in [4.69, 9.17) is 26.2 Å². The van der Waals surface area contributed by atoms with Crippen LogP contribution in [0.25, 0.3) is 6.08 Å². The zero-order valence-electron chi connectivity index (χ0n) is 18.2. The number of carbonyl (C=O) groups excluding carboxylic acids is 1. The number of hydrogen-bond donors (Lipinski definition) is 2. The van der Waals surface area contributed by atoms with E-state index in [0.29, 0.717) is 34.4 Å². The number of ether oxygens (including phenoxy) is 2. The number of anilines is 1. The number of benzene rings is 3. The first-order chi connectivity index (χ1) is 16.4. The van der Waals surface area contributed by atoms with Crippen LogP contribution < -0.4 is 14.8 Å². The Morgan fingerprint density at radius 3 is 2.38 bits per heavy atom. The maximum Gasteiger partial charge on any atom is 0.335 e. The molecule has 0 spiro atoms. The molecule has 0 aliphatic heterocycles. The van der Waals surface area contributed by atoms with E-state index < -0.39 is 11.9 Å². The molecule has 34 heavy (non-hydrogen) atoms. The Morgan fingerprint density at radius 2 is 1.76 bits per heavy atom. The van der Waals surface area contributed by atoms with Gasteiger partial charge in [0.2, 0.25) is 0 Å². The molecule has 7 nitrogen and oxygen atoms in total. The fourth-order valence-corrected chi connectivity index (χ4v) is 3.15. The molecule has 0 aromatic heterocycles. The molecular formula is C26H21ClN2O5. The second-order valence-electron chi connectivity index (χ2n) is 7.05. The number of nitrogens with zero attached hydrogens (tertiary/aromatic N) is 1. The van der Waals surface area contributed by atoms with Crippen molar-refractivity contribution in [1.82, 2.24) is 0 Å². The second kappa shape index (κ2) is 11.5. The summed E-state index contributed by atoms with van der Waals surface area (Å²) in [5, 5.41) is 21.7. The molecule has 0 atom stereocenters. The van der Waals surface area contributed by atoms with E-state index in [1.54, 1.807) is 54.6 Å². The Morgan fingerprint density at radius 1 is 1.06 bits per heavy atom. The largest absolute Gasteiger partial charge is 0.494 e. The summed E-state index contributed by atoms with van der Waals surface area (Å²) in [4.78, 5) is 23.7. The van der Waals surface area contributed by atoms with Crippen LogP contribution in [0.3, 0.4) is 0 Å². The van der Waals surface area contributed by atoms with E-state index in [1.807, 2.05) is 13.0 Å². The fraction of sp³-hybridized carbons (Fsp3) is 0.115.